The van der Waals surface area contributed by atoms with E-state index in [0.29, 0.717) is 6.42 Å². The van der Waals surface area contributed by atoms with Crippen molar-refractivity contribution in [3.8, 4) is 0 Å². The van der Waals surface area contributed by atoms with Crippen molar-refractivity contribution in [1.29, 1.82) is 0 Å². The summed E-state index contributed by atoms with van der Waals surface area (Å²) in [6, 6.07) is 0. The number of carbonyl (C=O) groups is 1. The van der Waals surface area contributed by atoms with Gasteiger partial charge in [0.05, 0.1) is 17.2 Å². The Kier molecular flexibility index (Phi) is 3.61. The highest BCUT2D eigenvalue weighted by Crippen LogP contribution is 2.44. The summed E-state index contributed by atoms with van der Waals surface area (Å²) < 4.78 is 27.6. The zero-order valence-corrected chi connectivity index (χ0v) is 11.6. The second-order valence-corrected chi connectivity index (χ2v) is 6.17. The van der Waals surface area contributed by atoms with Crippen molar-refractivity contribution in [3.63, 3.8) is 0 Å². The Morgan fingerprint density at radius 3 is 2.58 bits per heavy atom. The first-order chi connectivity index (χ1) is 8.76. The van der Waals surface area contributed by atoms with Gasteiger partial charge in [0.1, 0.15) is 5.60 Å². The predicted molar refractivity (Wildman–Crippen MR) is 67.2 cm³/mol. The molecule has 19 heavy (non-hydrogen) atoms. The second-order valence-electron chi connectivity index (χ2n) is 4.88. The molecule has 1 heterocycles. The summed E-state index contributed by atoms with van der Waals surface area (Å²) in [7, 11) is 0. The SMILES string of the molecule is Cc1nc(C)c(CNC(=O)C(F)(F)C2(O)CCC2)s1. The summed E-state index contributed by atoms with van der Waals surface area (Å²) in [6.45, 7) is 3.60. The minimum Gasteiger partial charge on any atom is -0.383 e. The summed E-state index contributed by atoms with van der Waals surface area (Å²) in [4.78, 5) is 16.5. The number of rotatable bonds is 4. The summed E-state index contributed by atoms with van der Waals surface area (Å²) in [5.41, 5.74) is -1.44. The molecule has 0 radical (unpaired) electrons. The zero-order valence-electron chi connectivity index (χ0n) is 10.8. The van der Waals surface area contributed by atoms with Crippen LogP contribution in [0.25, 0.3) is 0 Å². The van der Waals surface area contributed by atoms with E-state index in [4.69, 9.17) is 0 Å². The van der Waals surface area contributed by atoms with E-state index in [2.05, 4.69) is 10.3 Å². The van der Waals surface area contributed by atoms with Gasteiger partial charge in [-0.2, -0.15) is 8.78 Å². The topological polar surface area (TPSA) is 62.2 Å². The normalized spacial score (nSPS) is 17.9. The molecule has 1 amide bonds. The van der Waals surface area contributed by atoms with Crippen LogP contribution in [0.2, 0.25) is 0 Å². The third kappa shape index (κ3) is 2.49. The van der Waals surface area contributed by atoms with Crippen LogP contribution in [0.5, 0.6) is 0 Å². The third-order valence-electron chi connectivity index (χ3n) is 3.46. The molecule has 7 heteroatoms. The van der Waals surface area contributed by atoms with Crippen LogP contribution in [0.1, 0.15) is 34.8 Å². The molecule has 4 nitrogen and oxygen atoms in total. The van der Waals surface area contributed by atoms with Crippen LogP contribution in [0.15, 0.2) is 0 Å². The molecular weight excluding hydrogens is 274 g/mol. The van der Waals surface area contributed by atoms with Gasteiger partial charge >= 0.3 is 5.92 Å². The Morgan fingerprint density at radius 1 is 1.53 bits per heavy atom. The van der Waals surface area contributed by atoms with Crippen molar-refractivity contribution in [2.24, 2.45) is 0 Å². The molecule has 0 unspecified atom stereocenters. The maximum Gasteiger partial charge on any atom is 0.352 e. The van der Waals surface area contributed by atoms with E-state index in [1.807, 2.05) is 6.92 Å². The van der Waals surface area contributed by atoms with Gasteiger partial charge in [-0.3, -0.25) is 4.79 Å². The number of thiazole rings is 1. The Balaban J connectivity index is 1.99. The van der Waals surface area contributed by atoms with Gasteiger partial charge in [0, 0.05) is 4.88 Å². The lowest BCUT2D eigenvalue weighted by Crippen LogP contribution is -2.60. The van der Waals surface area contributed by atoms with E-state index in [1.165, 1.54) is 11.3 Å². The van der Waals surface area contributed by atoms with Gasteiger partial charge < -0.3 is 10.4 Å². The van der Waals surface area contributed by atoms with Crippen molar-refractivity contribution in [3.05, 3.63) is 15.6 Å². The third-order valence-corrected chi connectivity index (χ3v) is 4.53. The molecule has 1 aromatic rings. The van der Waals surface area contributed by atoms with E-state index in [9.17, 15) is 18.7 Å². The minimum absolute atomic E-state index is 0.0157. The first kappa shape index (κ1) is 14.3. The standard InChI is InChI=1S/C12H16F2N2O2S/c1-7-9(19-8(2)16-7)6-15-10(17)12(13,14)11(18)4-3-5-11/h18H,3-6H2,1-2H3,(H,15,17). The molecule has 0 atom stereocenters. The van der Waals surface area contributed by atoms with Crippen LogP contribution in [0, 0.1) is 13.8 Å². The van der Waals surface area contributed by atoms with Crippen LogP contribution in [-0.4, -0.2) is 27.5 Å². The van der Waals surface area contributed by atoms with Crippen molar-refractivity contribution in [2.45, 2.75) is 51.2 Å². The van der Waals surface area contributed by atoms with Crippen LogP contribution in [0.3, 0.4) is 0 Å². The average molecular weight is 290 g/mol. The molecule has 1 saturated carbocycles. The number of alkyl halides is 2. The Morgan fingerprint density at radius 2 is 2.16 bits per heavy atom. The smallest absolute Gasteiger partial charge is 0.352 e. The van der Waals surface area contributed by atoms with E-state index >= 15 is 0 Å². The van der Waals surface area contributed by atoms with Crippen molar-refractivity contribution >= 4 is 17.2 Å². The van der Waals surface area contributed by atoms with Crippen LogP contribution >= 0.6 is 11.3 Å². The van der Waals surface area contributed by atoms with E-state index in [0.717, 1.165) is 15.6 Å². The molecule has 0 spiro atoms. The molecule has 1 aliphatic carbocycles. The predicted octanol–water partition coefficient (Wildman–Crippen LogP) is 1.93. The largest absolute Gasteiger partial charge is 0.383 e. The number of aryl methyl sites for hydroxylation is 2. The molecule has 1 fully saturated rings. The van der Waals surface area contributed by atoms with E-state index < -0.39 is 17.4 Å². The number of halogens is 2. The quantitative estimate of drug-likeness (QED) is 0.890. The minimum atomic E-state index is -3.74. The number of hydrogen-bond donors (Lipinski definition) is 2. The molecule has 106 valence electrons. The molecule has 0 aromatic carbocycles. The number of amides is 1. The molecule has 0 bridgehead atoms. The molecule has 1 aromatic heterocycles. The van der Waals surface area contributed by atoms with Crippen LogP contribution in [0.4, 0.5) is 8.78 Å². The number of nitrogens with one attached hydrogen (secondary N) is 1. The summed E-state index contributed by atoms with van der Waals surface area (Å²) in [5.74, 6) is -5.15. The van der Waals surface area contributed by atoms with Gasteiger partial charge in [0.25, 0.3) is 5.91 Å². The molecule has 0 aliphatic heterocycles. The number of carbonyl (C=O) groups excluding carboxylic acids is 1. The highest BCUT2D eigenvalue weighted by molar-refractivity contribution is 7.11. The van der Waals surface area contributed by atoms with Gasteiger partial charge in [-0.05, 0) is 33.1 Å². The number of hydrogen-bond acceptors (Lipinski definition) is 4. The fourth-order valence-corrected chi connectivity index (χ4v) is 2.92. The monoisotopic (exact) mass is 290 g/mol. The first-order valence-electron chi connectivity index (χ1n) is 6.08. The molecule has 0 saturated heterocycles. The van der Waals surface area contributed by atoms with Gasteiger partial charge in [-0.25, -0.2) is 4.98 Å². The fourth-order valence-electron chi connectivity index (χ4n) is 2.05. The molecular formula is C12H16F2N2O2S. The lowest BCUT2D eigenvalue weighted by Gasteiger charge is -2.41. The summed E-state index contributed by atoms with van der Waals surface area (Å²) in [6.07, 6.45) is 0.449. The molecule has 1 aliphatic rings. The number of aromatic nitrogens is 1. The van der Waals surface area contributed by atoms with E-state index in [-0.39, 0.29) is 19.4 Å². The highest BCUT2D eigenvalue weighted by atomic mass is 32.1. The molecule has 2 N–H and O–H groups in total. The highest BCUT2D eigenvalue weighted by Gasteiger charge is 2.61. The number of aliphatic hydroxyl groups is 1. The maximum absolute atomic E-state index is 13.8. The van der Waals surface area contributed by atoms with Crippen molar-refractivity contribution in [1.82, 2.24) is 10.3 Å². The zero-order chi connectivity index (χ0) is 14.3. The Bertz CT molecular complexity index is 498. The van der Waals surface area contributed by atoms with Gasteiger partial charge in [0.15, 0.2) is 0 Å². The van der Waals surface area contributed by atoms with Crippen LogP contribution < -0.4 is 5.32 Å². The lowest BCUT2D eigenvalue weighted by atomic mass is 9.75. The van der Waals surface area contributed by atoms with Gasteiger partial charge in [-0.1, -0.05) is 0 Å². The van der Waals surface area contributed by atoms with Crippen molar-refractivity contribution in [2.75, 3.05) is 0 Å². The van der Waals surface area contributed by atoms with Gasteiger partial charge in [-0.15, -0.1) is 11.3 Å². The molecule has 2 rings (SSSR count). The maximum atomic E-state index is 13.8. The lowest BCUT2D eigenvalue weighted by molar-refractivity contribution is -0.216. The summed E-state index contributed by atoms with van der Waals surface area (Å²) in [5, 5.41) is 12.7. The Hall–Kier alpha value is -1.08. The van der Waals surface area contributed by atoms with Crippen molar-refractivity contribution < 1.29 is 18.7 Å². The van der Waals surface area contributed by atoms with Gasteiger partial charge in [0.2, 0.25) is 0 Å². The second kappa shape index (κ2) is 4.79. The Labute approximate surface area is 113 Å². The van der Waals surface area contributed by atoms with Crippen LogP contribution in [-0.2, 0) is 11.3 Å². The van der Waals surface area contributed by atoms with E-state index in [1.54, 1.807) is 6.92 Å². The average Bonchev–Trinajstić information content (AvgIpc) is 2.61. The first-order valence-corrected chi connectivity index (χ1v) is 6.89. The summed E-state index contributed by atoms with van der Waals surface area (Å²) >= 11 is 1.36. The number of nitrogens with zero attached hydrogens (tertiary/aromatic N) is 1. The fraction of sp³-hybridized carbons (Fsp3) is 0.667.